The average molecular weight is 182 g/mol. The van der Waals surface area contributed by atoms with Gasteiger partial charge in [0.1, 0.15) is 0 Å². The van der Waals surface area contributed by atoms with Crippen LogP contribution in [0.15, 0.2) is 23.8 Å². The molecule has 1 heteroatoms. The van der Waals surface area contributed by atoms with Crippen molar-refractivity contribution in [1.82, 2.24) is 0 Å². The van der Waals surface area contributed by atoms with Crippen LogP contribution < -0.4 is 0 Å². The first kappa shape index (κ1) is 12.4. The molecule has 0 aromatic rings. The van der Waals surface area contributed by atoms with Crippen LogP contribution in [0.25, 0.3) is 0 Å². The number of aliphatic hydroxyl groups is 1. The molecule has 0 aliphatic rings. The van der Waals surface area contributed by atoms with Crippen molar-refractivity contribution in [3.05, 3.63) is 23.8 Å². The molecule has 0 radical (unpaired) electrons. The highest BCUT2D eigenvalue weighted by molar-refractivity contribution is 5.03. The van der Waals surface area contributed by atoms with Crippen LogP contribution in [-0.2, 0) is 0 Å². The van der Waals surface area contributed by atoms with Gasteiger partial charge in [0, 0.05) is 0 Å². The largest absolute Gasteiger partial charge is 0.389 e. The van der Waals surface area contributed by atoms with Gasteiger partial charge >= 0.3 is 0 Å². The normalized spacial score (nSPS) is 14.8. The molecule has 0 rings (SSSR count). The van der Waals surface area contributed by atoms with E-state index in [1.165, 1.54) is 5.57 Å². The maximum atomic E-state index is 9.48. The van der Waals surface area contributed by atoms with E-state index in [0.29, 0.717) is 5.92 Å². The third-order valence-electron chi connectivity index (χ3n) is 2.00. The van der Waals surface area contributed by atoms with Gasteiger partial charge in [-0.3, -0.25) is 0 Å². The van der Waals surface area contributed by atoms with E-state index in [0.717, 1.165) is 18.4 Å². The van der Waals surface area contributed by atoms with Crippen molar-refractivity contribution in [1.29, 1.82) is 0 Å². The molecule has 76 valence electrons. The first-order valence-corrected chi connectivity index (χ1v) is 4.94. The fraction of sp³-hybridized carbons (Fsp3) is 0.667. The minimum absolute atomic E-state index is 0.337. The van der Waals surface area contributed by atoms with Crippen LogP contribution in [0, 0.1) is 5.92 Å². The second-order valence-electron chi connectivity index (χ2n) is 4.16. The molecule has 0 aliphatic heterocycles. The number of rotatable bonds is 5. The molecule has 0 amide bonds. The Hall–Kier alpha value is -0.560. The highest BCUT2D eigenvalue weighted by atomic mass is 16.3. The van der Waals surface area contributed by atoms with Crippen LogP contribution >= 0.6 is 0 Å². The molecule has 0 fully saturated rings. The van der Waals surface area contributed by atoms with Crippen molar-refractivity contribution in [3.63, 3.8) is 0 Å². The molecule has 0 aliphatic carbocycles. The van der Waals surface area contributed by atoms with Crippen LogP contribution in [0.3, 0.4) is 0 Å². The van der Waals surface area contributed by atoms with E-state index in [1.807, 2.05) is 6.92 Å². The first-order valence-electron chi connectivity index (χ1n) is 4.94. The van der Waals surface area contributed by atoms with E-state index in [1.54, 1.807) is 0 Å². The summed E-state index contributed by atoms with van der Waals surface area (Å²) in [6.07, 6.45) is 3.66. The summed E-state index contributed by atoms with van der Waals surface area (Å²) in [7, 11) is 0. The highest BCUT2D eigenvalue weighted by Gasteiger charge is 2.04. The molecule has 0 saturated heterocycles. The molecule has 0 saturated carbocycles. The molecule has 1 atom stereocenters. The maximum absolute atomic E-state index is 9.48. The predicted octanol–water partition coefficient (Wildman–Crippen LogP) is 3.31. The quantitative estimate of drug-likeness (QED) is 0.647. The molecule has 0 spiro atoms. The SMILES string of the molecule is C=C(C)C(O)CCC(C)=CC(C)C. The highest BCUT2D eigenvalue weighted by Crippen LogP contribution is 2.13. The second kappa shape index (κ2) is 5.98. The smallest absolute Gasteiger partial charge is 0.0747 e. The topological polar surface area (TPSA) is 20.2 Å². The Bertz CT molecular complexity index is 189. The van der Waals surface area contributed by atoms with Gasteiger partial charge in [-0.05, 0) is 32.6 Å². The fourth-order valence-corrected chi connectivity index (χ4v) is 1.26. The zero-order valence-electron chi connectivity index (χ0n) is 9.30. The summed E-state index contributed by atoms with van der Waals surface area (Å²) in [5.74, 6) is 0.599. The summed E-state index contributed by atoms with van der Waals surface area (Å²) in [6.45, 7) is 12.0. The zero-order valence-corrected chi connectivity index (χ0v) is 9.30. The Morgan fingerprint density at radius 2 is 1.92 bits per heavy atom. The minimum Gasteiger partial charge on any atom is -0.389 e. The summed E-state index contributed by atoms with van der Waals surface area (Å²) in [5, 5.41) is 9.48. The van der Waals surface area contributed by atoms with Crippen molar-refractivity contribution < 1.29 is 5.11 Å². The Kier molecular flexibility index (Phi) is 5.72. The van der Waals surface area contributed by atoms with Crippen molar-refractivity contribution in [3.8, 4) is 0 Å². The molecular formula is C12H22O. The van der Waals surface area contributed by atoms with E-state index >= 15 is 0 Å². The van der Waals surface area contributed by atoms with Crippen LogP contribution in [0.1, 0.15) is 40.5 Å². The lowest BCUT2D eigenvalue weighted by Gasteiger charge is -2.10. The van der Waals surface area contributed by atoms with Crippen molar-refractivity contribution >= 4 is 0 Å². The third-order valence-corrected chi connectivity index (χ3v) is 2.00. The van der Waals surface area contributed by atoms with Crippen molar-refractivity contribution in [2.75, 3.05) is 0 Å². The van der Waals surface area contributed by atoms with Crippen LogP contribution in [0.4, 0.5) is 0 Å². The summed E-state index contributed by atoms with van der Waals surface area (Å²) in [6, 6.07) is 0. The van der Waals surface area contributed by atoms with E-state index in [-0.39, 0.29) is 6.10 Å². The van der Waals surface area contributed by atoms with E-state index in [9.17, 15) is 5.11 Å². The van der Waals surface area contributed by atoms with Crippen LogP contribution in [-0.4, -0.2) is 11.2 Å². The van der Waals surface area contributed by atoms with Crippen molar-refractivity contribution in [2.45, 2.75) is 46.6 Å². The van der Waals surface area contributed by atoms with E-state index in [4.69, 9.17) is 0 Å². The van der Waals surface area contributed by atoms with Crippen LogP contribution in [0.5, 0.6) is 0 Å². The molecule has 0 bridgehead atoms. The Balaban J connectivity index is 3.82. The number of hydrogen-bond acceptors (Lipinski definition) is 1. The van der Waals surface area contributed by atoms with Gasteiger partial charge in [-0.15, -0.1) is 0 Å². The third kappa shape index (κ3) is 6.59. The number of hydrogen-bond donors (Lipinski definition) is 1. The zero-order chi connectivity index (χ0) is 10.4. The molecule has 13 heavy (non-hydrogen) atoms. The Morgan fingerprint density at radius 3 is 2.31 bits per heavy atom. The molecular weight excluding hydrogens is 160 g/mol. The van der Waals surface area contributed by atoms with Crippen LogP contribution in [0.2, 0.25) is 0 Å². The molecule has 1 unspecified atom stereocenters. The lowest BCUT2D eigenvalue weighted by molar-refractivity contribution is 0.201. The molecule has 1 nitrogen and oxygen atoms in total. The van der Waals surface area contributed by atoms with Gasteiger partial charge < -0.3 is 5.11 Å². The van der Waals surface area contributed by atoms with Gasteiger partial charge in [0.15, 0.2) is 0 Å². The summed E-state index contributed by atoms with van der Waals surface area (Å²) in [4.78, 5) is 0. The lowest BCUT2D eigenvalue weighted by Crippen LogP contribution is -2.06. The summed E-state index contributed by atoms with van der Waals surface area (Å²) in [5.41, 5.74) is 2.22. The van der Waals surface area contributed by atoms with Gasteiger partial charge in [-0.1, -0.05) is 37.6 Å². The van der Waals surface area contributed by atoms with Gasteiger partial charge in [0.25, 0.3) is 0 Å². The number of aliphatic hydroxyl groups excluding tert-OH is 1. The minimum atomic E-state index is -0.337. The molecule has 0 aromatic heterocycles. The van der Waals surface area contributed by atoms with Gasteiger partial charge in [0.05, 0.1) is 6.10 Å². The number of allylic oxidation sites excluding steroid dienone is 2. The van der Waals surface area contributed by atoms with Crippen molar-refractivity contribution in [2.24, 2.45) is 5.92 Å². The maximum Gasteiger partial charge on any atom is 0.0747 e. The van der Waals surface area contributed by atoms with Gasteiger partial charge in [-0.2, -0.15) is 0 Å². The molecule has 0 aromatic carbocycles. The average Bonchev–Trinajstić information content (AvgIpc) is 1.98. The van der Waals surface area contributed by atoms with Gasteiger partial charge in [-0.25, -0.2) is 0 Å². The summed E-state index contributed by atoms with van der Waals surface area (Å²) >= 11 is 0. The molecule has 0 heterocycles. The van der Waals surface area contributed by atoms with E-state index in [2.05, 4.69) is 33.4 Å². The molecule has 1 N–H and O–H groups in total. The lowest BCUT2D eigenvalue weighted by atomic mass is 10.0. The Morgan fingerprint density at radius 1 is 1.38 bits per heavy atom. The Labute approximate surface area is 82.2 Å². The summed E-state index contributed by atoms with van der Waals surface area (Å²) < 4.78 is 0. The van der Waals surface area contributed by atoms with Gasteiger partial charge in [0.2, 0.25) is 0 Å². The predicted molar refractivity (Wildman–Crippen MR) is 58.6 cm³/mol. The second-order valence-corrected chi connectivity index (χ2v) is 4.16. The first-order chi connectivity index (χ1) is 5.93. The monoisotopic (exact) mass is 182 g/mol. The standard InChI is InChI=1S/C12H22O/c1-9(2)8-11(5)6-7-12(13)10(3)4/h8-9,12-13H,3,6-7H2,1-2,4-5H3. The van der Waals surface area contributed by atoms with E-state index < -0.39 is 0 Å². The fourth-order valence-electron chi connectivity index (χ4n) is 1.26.